The van der Waals surface area contributed by atoms with Crippen LogP contribution in [0.4, 0.5) is 5.69 Å². The molecule has 2 rings (SSSR count). The fraction of sp³-hybridized carbons (Fsp3) is 0.381. The van der Waals surface area contributed by atoms with Gasteiger partial charge in [-0.25, -0.2) is 0 Å². The van der Waals surface area contributed by atoms with E-state index in [0.29, 0.717) is 35.7 Å². The average molecular weight is 451 g/mol. The summed E-state index contributed by atoms with van der Waals surface area (Å²) in [6.45, 7) is 7.03. The van der Waals surface area contributed by atoms with Crippen molar-refractivity contribution in [1.82, 2.24) is 5.32 Å². The molecule has 3 N–H and O–H groups in total. The summed E-state index contributed by atoms with van der Waals surface area (Å²) in [6, 6.07) is 11.4. The van der Waals surface area contributed by atoms with E-state index in [4.69, 9.17) is 9.47 Å². The van der Waals surface area contributed by atoms with Gasteiger partial charge in [0.05, 0.1) is 17.2 Å². The van der Waals surface area contributed by atoms with E-state index in [1.807, 2.05) is 50.2 Å². The standard InChI is InChI=1S/C21H27BrN2O4/c1-4-27-19-10-16(12-23-11-15(3)25)9-18(22)21(19)28-13-20(26)24-17-7-5-14(2)6-8-17/h5-10,15,23,25H,4,11-13H2,1-3H3,(H,24,26)/t15-/m1/s1. The van der Waals surface area contributed by atoms with Gasteiger partial charge in [0, 0.05) is 18.8 Å². The van der Waals surface area contributed by atoms with E-state index in [1.54, 1.807) is 6.92 Å². The molecule has 1 amide bonds. The van der Waals surface area contributed by atoms with Crippen LogP contribution in [0.1, 0.15) is 25.0 Å². The molecule has 152 valence electrons. The average Bonchev–Trinajstić information content (AvgIpc) is 2.63. The number of carbonyl (C=O) groups is 1. The summed E-state index contributed by atoms with van der Waals surface area (Å²) >= 11 is 3.50. The first-order valence-electron chi connectivity index (χ1n) is 9.22. The number of amides is 1. The molecule has 2 aromatic rings. The fourth-order valence-electron chi connectivity index (χ4n) is 2.52. The summed E-state index contributed by atoms with van der Waals surface area (Å²) in [4.78, 5) is 12.2. The number of aliphatic hydroxyl groups is 1. The highest BCUT2D eigenvalue weighted by Gasteiger charge is 2.14. The van der Waals surface area contributed by atoms with Crippen molar-refractivity contribution in [2.45, 2.75) is 33.4 Å². The predicted molar refractivity (Wildman–Crippen MR) is 114 cm³/mol. The summed E-state index contributed by atoms with van der Waals surface area (Å²) in [5.74, 6) is 0.801. The minimum Gasteiger partial charge on any atom is -0.490 e. The lowest BCUT2D eigenvalue weighted by Gasteiger charge is -2.16. The lowest BCUT2D eigenvalue weighted by molar-refractivity contribution is -0.118. The highest BCUT2D eigenvalue weighted by molar-refractivity contribution is 9.10. The number of hydrogen-bond donors (Lipinski definition) is 3. The van der Waals surface area contributed by atoms with Crippen molar-refractivity contribution in [3.63, 3.8) is 0 Å². The molecule has 0 bridgehead atoms. The van der Waals surface area contributed by atoms with Gasteiger partial charge in [0.2, 0.25) is 0 Å². The van der Waals surface area contributed by atoms with Crippen molar-refractivity contribution in [2.24, 2.45) is 0 Å². The van der Waals surface area contributed by atoms with Crippen molar-refractivity contribution in [2.75, 3.05) is 25.1 Å². The minimum atomic E-state index is -0.413. The van der Waals surface area contributed by atoms with E-state index in [9.17, 15) is 9.90 Å². The maximum Gasteiger partial charge on any atom is 0.262 e. The van der Waals surface area contributed by atoms with Crippen LogP contribution in [0.15, 0.2) is 40.9 Å². The van der Waals surface area contributed by atoms with Crippen LogP contribution in [-0.4, -0.2) is 36.9 Å². The largest absolute Gasteiger partial charge is 0.490 e. The highest BCUT2D eigenvalue weighted by atomic mass is 79.9. The monoisotopic (exact) mass is 450 g/mol. The van der Waals surface area contributed by atoms with Gasteiger partial charge in [0.25, 0.3) is 5.91 Å². The fourth-order valence-corrected chi connectivity index (χ4v) is 3.13. The van der Waals surface area contributed by atoms with Gasteiger partial charge in [-0.05, 0) is 66.5 Å². The van der Waals surface area contributed by atoms with Crippen LogP contribution < -0.4 is 20.1 Å². The van der Waals surface area contributed by atoms with Crippen molar-refractivity contribution in [3.8, 4) is 11.5 Å². The number of benzene rings is 2. The zero-order valence-electron chi connectivity index (χ0n) is 16.4. The number of ether oxygens (including phenoxy) is 2. The number of halogens is 1. The first kappa shape index (κ1) is 22.2. The Bertz CT molecular complexity index is 779. The first-order valence-corrected chi connectivity index (χ1v) is 10.0. The SMILES string of the molecule is CCOc1cc(CNC[C@@H](C)O)cc(Br)c1OCC(=O)Nc1ccc(C)cc1. The lowest BCUT2D eigenvalue weighted by atomic mass is 10.2. The van der Waals surface area contributed by atoms with E-state index >= 15 is 0 Å². The van der Waals surface area contributed by atoms with Crippen LogP contribution in [0.3, 0.4) is 0 Å². The second-order valence-electron chi connectivity index (χ2n) is 6.52. The zero-order valence-corrected chi connectivity index (χ0v) is 18.0. The second kappa shape index (κ2) is 11.0. The molecule has 0 heterocycles. The number of aryl methyl sites for hydroxylation is 1. The van der Waals surface area contributed by atoms with Crippen LogP contribution in [0.5, 0.6) is 11.5 Å². The molecular formula is C21H27BrN2O4. The molecule has 0 aliphatic rings. The smallest absolute Gasteiger partial charge is 0.262 e. The van der Waals surface area contributed by atoms with E-state index in [-0.39, 0.29) is 12.5 Å². The number of carbonyl (C=O) groups excluding carboxylic acids is 1. The second-order valence-corrected chi connectivity index (χ2v) is 7.38. The molecule has 0 fully saturated rings. The molecule has 28 heavy (non-hydrogen) atoms. The number of rotatable bonds is 10. The van der Waals surface area contributed by atoms with Gasteiger partial charge in [0.15, 0.2) is 18.1 Å². The molecule has 0 spiro atoms. The Labute approximate surface area is 174 Å². The third kappa shape index (κ3) is 7.14. The van der Waals surface area contributed by atoms with Crippen LogP contribution in [-0.2, 0) is 11.3 Å². The molecule has 0 saturated heterocycles. The molecule has 0 aliphatic heterocycles. The molecule has 0 saturated carbocycles. The summed E-state index contributed by atoms with van der Waals surface area (Å²) in [7, 11) is 0. The van der Waals surface area contributed by atoms with Crippen molar-refractivity contribution in [3.05, 3.63) is 52.0 Å². The highest BCUT2D eigenvalue weighted by Crippen LogP contribution is 2.37. The third-order valence-corrected chi connectivity index (χ3v) is 4.41. The van der Waals surface area contributed by atoms with Gasteiger partial charge in [0.1, 0.15) is 0 Å². The molecule has 6 nitrogen and oxygen atoms in total. The lowest BCUT2D eigenvalue weighted by Crippen LogP contribution is -2.24. The van der Waals surface area contributed by atoms with Crippen molar-refractivity contribution < 1.29 is 19.4 Å². The Morgan fingerprint density at radius 2 is 1.93 bits per heavy atom. The Kier molecular flexibility index (Phi) is 8.76. The summed E-state index contributed by atoms with van der Waals surface area (Å²) in [6.07, 6.45) is -0.413. The molecule has 2 aromatic carbocycles. The molecule has 0 aliphatic carbocycles. The number of aliphatic hydroxyl groups excluding tert-OH is 1. The van der Waals surface area contributed by atoms with E-state index in [2.05, 4.69) is 26.6 Å². The number of nitrogens with one attached hydrogen (secondary N) is 2. The maximum atomic E-state index is 12.2. The quantitative estimate of drug-likeness (QED) is 0.514. The van der Waals surface area contributed by atoms with Gasteiger partial charge in [-0.2, -0.15) is 0 Å². The van der Waals surface area contributed by atoms with Gasteiger partial charge >= 0.3 is 0 Å². The van der Waals surface area contributed by atoms with Crippen LogP contribution >= 0.6 is 15.9 Å². The van der Waals surface area contributed by atoms with Gasteiger partial charge in [-0.3, -0.25) is 4.79 Å². The molecule has 1 atom stereocenters. The Hall–Kier alpha value is -2.09. The molecule has 0 unspecified atom stereocenters. The minimum absolute atomic E-state index is 0.133. The Balaban J connectivity index is 2.02. The normalized spacial score (nSPS) is 11.8. The van der Waals surface area contributed by atoms with E-state index in [1.165, 1.54) is 0 Å². The maximum absolute atomic E-state index is 12.2. The Morgan fingerprint density at radius 1 is 1.21 bits per heavy atom. The molecular weight excluding hydrogens is 424 g/mol. The van der Waals surface area contributed by atoms with Gasteiger partial charge < -0.3 is 25.2 Å². The van der Waals surface area contributed by atoms with E-state index < -0.39 is 6.10 Å². The summed E-state index contributed by atoms with van der Waals surface area (Å²) in [5, 5.41) is 15.3. The third-order valence-electron chi connectivity index (χ3n) is 3.82. The summed E-state index contributed by atoms with van der Waals surface area (Å²) < 4.78 is 12.1. The summed E-state index contributed by atoms with van der Waals surface area (Å²) in [5.41, 5.74) is 2.83. The van der Waals surface area contributed by atoms with Gasteiger partial charge in [-0.15, -0.1) is 0 Å². The topological polar surface area (TPSA) is 79.8 Å². The van der Waals surface area contributed by atoms with Gasteiger partial charge in [-0.1, -0.05) is 17.7 Å². The van der Waals surface area contributed by atoms with E-state index in [0.717, 1.165) is 16.8 Å². The zero-order chi connectivity index (χ0) is 20.5. The van der Waals surface area contributed by atoms with Crippen LogP contribution in [0, 0.1) is 6.92 Å². The van der Waals surface area contributed by atoms with Crippen molar-refractivity contribution >= 4 is 27.5 Å². The number of anilines is 1. The molecule has 7 heteroatoms. The first-order chi connectivity index (χ1) is 13.4. The Morgan fingerprint density at radius 3 is 2.57 bits per heavy atom. The molecule has 0 radical (unpaired) electrons. The van der Waals surface area contributed by atoms with Crippen molar-refractivity contribution in [1.29, 1.82) is 0 Å². The number of hydrogen-bond acceptors (Lipinski definition) is 5. The molecule has 0 aromatic heterocycles. The van der Waals surface area contributed by atoms with Crippen LogP contribution in [0.2, 0.25) is 0 Å². The van der Waals surface area contributed by atoms with Crippen LogP contribution in [0.25, 0.3) is 0 Å². The predicted octanol–water partition coefficient (Wildman–Crippen LogP) is 3.64.